The monoisotopic (exact) mass is 537 g/mol. The Balaban J connectivity index is 1.27. The molecule has 1 saturated heterocycles. The molecule has 4 rings (SSSR count). The Morgan fingerprint density at radius 2 is 1.69 bits per heavy atom. The van der Waals surface area contributed by atoms with Crippen molar-refractivity contribution in [1.29, 1.82) is 0 Å². The van der Waals surface area contributed by atoms with E-state index in [1.165, 1.54) is 5.56 Å². The van der Waals surface area contributed by atoms with Gasteiger partial charge in [0.05, 0.1) is 19.1 Å². The van der Waals surface area contributed by atoms with Gasteiger partial charge in [0.15, 0.2) is 0 Å². The molecule has 2 aliphatic heterocycles. The van der Waals surface area contributed by atoms with E-state index in [0.717, 1.165) is 17.5 Å². The van der Waals surface area contributed by atoms with Crippen LogP contribution in [0.5, 0.6) is 0 Å². The second kappa shape index (κ2) is 13.6. The molecular weight excluding hydrogens is 498 g/mol. The minimum absolute atomic E-state index is 0.0768. The van der Waals surface area contributed by atoms with E-state index in [0.29, 0.717) is 45.6 Å². The first-order valence-electron chi connectivity index (χ1n) is 13.8. The van der Waals surface area contributed by atoms with Crippen molar-refractivity contribution in [3.8, 4) is 0 Å². The van der Waals surface area contributed by atoms with Gasteiger partial charge in [0.25, 0.3) is 0 Å². The Morgan fingerprint density at radius 1 is 0.974 bits per heavy atom. The molecule has 2 amide bonds. The zero-order chi connectivity index (χ0) is 27.7. The normalized spacial score (nSPS) is 19.7. The molecule has 0 spiro atoms. The summed E-state index contributed by atoms with van der Waals surface area (Å²) in [5, 5.41) is 3.18. The van der Waals surface area contributed by atoms with Gasteiger partial charge in [-0.2, -0.15) is 0 Å². The van der Waals surface area contributed by atoms with Crippen LogP contribution in [0, 0.1) is 0 Å². The highest BCUT2D eigenvalue weighted by atomic mass is 16.6. The molecule has 2 aliphatic rings. The number of esters is 1. The molecule has 2 heterocycles. The fourth-order valence-corrected chi connectivity index (χ4v) is 5.32. The minimum atomic E-state index is -0.770. The Labute approximate surface area is 230 Å². The molecule has 0 radical (unpaired) electrons. The maximum atomic E-state index is 13.1. The lowest BCUT2D eigenvalue weighted by Crippen LogP contribution is -2.60. The second-order valence-corrected chi connectivity index (χ2v) is 10.1. The van der Waals surface area contributed by atoms with Crippen LogP contribution < -0.4 is 5.32 Å². The largest absolute Gasteiger partial charge is 0.466 e. The number of piperidine rings is 1. The van der Waals surface area contributed by atoms with Gasteiger partial charge in [-0.05, 0) is 49.8 Å². The van der Waals surface area contributed by atoms with Crippen molar-refractivity contribution in [2.45, 2.75) is 57.9 Å². The Kier molecular flexibility index (Phi) is 9.95. The van der Waals surface area contributed by atoms with Crippen molar-refractivity contribution < 1.29 is 28.6 Å². The van der Waals surface area contributed by atoms with Crippen molar-refractivity contribution in [2.24, 2.45) is 0 Å². The fourth-order valence-electron chi connectivity index (χ4n) is 5.32. The first-order valence-corrected chi connectivity index (χ1v) is 13.8. The second-order valence-electron chi connectivity index (χ2n) is 10.1. The molecule has 0 aliphatic carbocycles. The SMILES string of the molecule is CCOC(=O)CCN1CCc2ccccc2C1(C)NC(=O)COC1CCN(C(=O)OCc2ccccc2)CC1. The molecule has 9 nitrogen and oxygen atoms in total. The number of nitrogens with zero attached hydrogens (tertiary/aromatic N) is 2. The number of benzene rings is 2. The van der Waals surface area contributed by atoms with Crippen LogP contribution in [0.15, 0.2) is 54.6 Å². The number of nitrogens with one attached hydrogen (secondary N) is 1. The van der Waals surface area contributed by atoms with E-state index in [9.17, 15) is 14.4 Å². The summed E-state index contributed by atoms with van der Waals surface area (Å²) in [6.45, 7) is 6.52. The molecule has 0 aromatic heterocycles. The van der Waals surface area contributed by atoms with E-state index in [1.807, 2.05) is 55.5 Å². The molecular formula is C30H39N3O6. The highest BCUT2D eigenvalue weighted by Gasteiger charge is 2.40. The van der Waals surface area contributed by atoms with Gasteiger partial charge in [0.2, 0.25) is 5.91 Å². The predicted molar refractivity (Wildman–Crippen MR) is 146 cm³/mol. The van der Waals surface area contributed by atoms with E-state index in [2.05, 4.69) is 16.3 Å². The minimum Gasteiger partial charge on any atom is -0.466 e. The summed E-state index contributed by atoms with van der Waals surface area (Å²) in [4.78, 5) is 41.4. The average Bonchev–Trinajstić information content (AvgIpc) is 2.95. The average molecular weight is 538 g/mol. The van der Waals surface area contributed by atoms with Gasteiger partial charge in [-0.3, -0.25) is 14.5 Å². The van der Waals surface area contributed by atoms with Crippen LogP contribution >= 0.6 is 0 Å². The highest BCUT2D eigenvalue weighted by Crippen LogP contribution is 2.33. The standard InChI is InChI=1S/C30H39N3O6/c1-3-37-28(35)16-20-33-19-13-24-11-7-8-12-26(24)30(33,2)31-27(34)22-38-25-14-17-32(18-15-25)29(36)39-21-23-9-5-4-6-10-23/h4-12,25H,3,13-22H2,1-2H3,(H,31,34). The van der Waals surface area contributed by atoms with Crippen LogP contribution in [0.4, 0.5) is 4.79 Å². The van der Waals surface area contributed by atoms with E-state index >= 15 is 0 Å². The summed E-state index contributed by atoms with van der Waals surface area (Å²) in [7, 11) is 0. The molecule has 2 aromatic rings. The van der Waals surface area contributed by atoms with Crippen LogP contribution in [-0.4, -0.2) is 73.3 Å². The van der Waals surface area contributed by atoms with Crippen molar-refractivity contribution >= 4 is 18.0 Å². The topological polar surface area (TPSA) is 97.4 Å². The summed E-state index contributed by atoms with van der Waals surface area (Å²) in [6.07, 6.45) is 1.93. The van der Waals surface area contributed by atoms with E-state index in [4.69, 9.17) is 14.2 Å². The van der Waals surface area contributed by atoms with E-state index < -0.39 is 5.66 Å². The van der Waals surface area contributed by atoms with Crippen molar-refractivity contribution in [3.05, 3.63) is 71.3 Å². The first kappa shape index (κ1) is 28.6. The quantitative estimate of drug-likeness (QED) is 0.463. The zero-order valence-corrected chi connectivity index (χ0v) is 22.9. The van der Waals surface area contributed by atoms with Gasteiger partial charge in [-0.1, -0.05) is 54.6 Å². The summed E-state index contributed by atoms with van der Waals surface area (Å²) < 4.78 is 16.5. The fraction of sp³-hybridized carbons (Fsp3) is 0.500. The van der Waals surface area contributed by atoms with Gasteiger partial charge >= 0.3 is 12.1 Å². The lowest BCUT2D eigenvalue weighted by atomic mass is 9.88. The van der Waals surface area contributed by atoms with Gasteiger partial charge in [-0.15, -0.1) is 0 Å². The number of carbonyl (C=O) groups is 3. The third kappa shape index (κ3) is 7.58. The maximum Gasteiger partial charge on any atom is 0.410 e. The molecule has 1 atom stereocenters. The molecule has 1 N–H and O–H groups in total. The van der Waals surface area contributed by atoms with Crippen LogP contribution in [0.1, 0.15) is 49.8 Å². The zero-order valence-electron chi connectivity index (χ0n) is 22.9. The van der Waals surface area contributed by atoms with E-state index in [-0.39, 0.29) is 43.7 Å². The number of ether oxygens (including phenoxy) is 3. The number of amides is 2. The molecule has 2 aromatic carbocycles. The van der Waals surface area contributed by atoms with Gasteiger partial charge in [-0.25, -0.2) is 4.79 Å². The van der Waals surface area contributed by atoms with Gasteiger partial charge in [0, 0.05) is 26.2 Å². The Hall–Kier alpha value is -3.43. The summed E-state index contributed by atoms with van der Waals surface area (Å²) in [6, 6.07) is 17.7. The van der Waals surface area contributed by atoms with Gasteiger partial charge in [0.1, 0.15) is 18.9 Å². The van der Waals surface area contributed by atoms with Crippen LogP contribution in [0.2, 0.25) is 0 Å². The third-order valence-electron chi connectivity index (χ3n) is 7.45. The number of fused-ring (bicyclic) bond motifs is 1. The molecule has 0 bridgehead atoms. The number of hydrogen-bond acceptors (Lipinski definition) is 7. The molecule has 0 saturated carbocycles. The molecule has 210 valence electrons. The lowest BCUT2D eigenvalue weighted by Gasteiger charge is -2.46. The van der Waals surface area contributed by atoms with Crippen LogP contribution in [0.25, 0.3) is 0 Å². The number of carbonyl (C=O) groups excluding carboxylic acids is 3. The summed E-state index contributed by atoms with van der Waals surface area (Å²) >= 11 is 0. The van der Waals surface area contributed by atoms with Crippen molar-refractivity contribution in [1.82, 2.24) is 15.1 Å². The Morgan fingerprint density at radius 3 is 2.44 bits per heavy atom. The summed E-state index contributed by atoms with van der Waals surface area (Å²) in [5.41, 5.74) is 2.38. The predicted octanol–water partition coefficient (Wildman–Crippen LogP) is 3.60. The van der Waals surface area contributed by atoms with Crippen LogP contribution in [-0.2, 0) is 42.5 Å². The van der Waals surface area contributed by atoms with Gasteiger partial charge < -0.3 is 24.4 Å². The number of rotatable bonds is 10. The van der Waals surface area contributed by atoms with Crippen LogP contribution in [0.3, 0.4) is 0 Å². The summed E-state index contributed by atoms with van der Waals surface area (Å²) in [5.74, 6) is -0.469. The molecule has 39 heavy (non-hydrogen) atoms. The highest BCUT2D eigenvalue weighted by molar-refractivity contribution is 5.78. The first-order chi connectivity index (χ1) is 18.9. The number of likely N-dealkylation sites (tertiary alicyclic amines) is 1. The smallest absolute Gasteiger partial charge is 0.410 e. The van der Waals surface area contributed by atoms with Crippen molar-refractivity contribution in [3.63, 3.8) is 0 Å². The maximum absolute atomic E-state index is 13.1. The number of hydrogen-bond donors (Lipinski definition) is 1. The Bertz CT molecular complexity index is 1120. The third-order valence-corrected chi connectivity index (χ3v) is 7.45. The molecule has 9 heteroatoms. The molecule has 1 unspecified atom stereocenters. The van der Waals surface area contributed by atoms with E-state index in [1.54, 1.807) is 11.8 Å². The van der Waals surface area contributed by atoms with Crippen molar-refractivity contribution in [2.75, 3.05) is 39.4 Å². The lowest BCUT2D eigenvalue weighted by molar-refractivity contribution is -0.144. The molecule has 1 fully saturated rings.